The zero-order valence-electron chi connectivity index (χ0n) is 12.3. The first-order valence-electron chi connectivity index (χ1n) is 6.48. The van der Waals surface area contributed by atoms with Gasteiger partial charge in [-0.3, -0.25) is 4.79 Å². The largest absolute Gasteiger partial charge is 0.486 e. The zero-order chi connectivity index (χ0) is 13.9. The smallest absolute Gasteiger partial charge is 0.167 e. The van der Waals surface area contributed by atoms with Gasteiger partial charge in [-0.1, -0.05) is 46.8 Å². The molecule has 0 unspecified atom stereocenters. The Morgan fingerprint density at radius 1 is 1.28 bits per heavy atom. The van der Waals surface area contributed by atoms with Gasteiger partial charge < -0.3 is 4.74 Å². The molecule has 0 bridgehead atoms. The van der Waals surface area contributed by atoms with E-state index in [1.165, 1.54) is 5.56 Å². The van der Waals surface area contributed by atoms with Crippen LogP contribution >= 0.6 is 0 Å². The fraction of sp³-hybridized carbons (Fsp3) is 0.562. The Morgan fingerprint density at radius 3 is 2.33 bits per heavy atom. The number of rotatable bonds is 4. The topological polar surface area (TPSA) is 26.3 Å². The molecule has 0 N–H and O–H groups in total. The number of hydrogen-bond donors (Lipinski definition) is 0. The highest BCUT2D eigenvalue weighted by Crippen LogP contribution is 2.33. The Balaban J connectivity index is 3.14. The molecule has 0 amide bonds. The van der Waals surface area contributed by atoms with Crippen molar-refractivity contribution < 1.29 is 9.53 Å². The van der Waals surface area contributed by atoms with E-state index in [1.807, 2.05) is 0 Å². The van der Waals surface area contributed by atoms with Crippen LogP contribution < -0.4 is 4.74 Å². The minimum Gasteiger partial charge on any atom is -0.486 e. The molecular weight excluding hydrogens is 224 g/mol. The summed E-state index contributed by atoms with van der Waals surface area (Å²) in [7, 11) is 0. The van der Waals surface area contributed by atoms with E-state index >= 15 is 0 Å². The summed E-state index contributed by atoms with van der Waals surface area (Å²) in [6, 6.07) is 6.32. The fourth-order valence-electron chi connectivity index (χ4n) is 1.82. The van der Waals surface area contributed by atoms with Crippen LogP contribution in [0.3, 0.4) is 0 Å². The number of carbonyl (C=O) groups is 1. The molecule has 2 nitrogen and oxygen atoms in total. The lowest BCUT2D eigenvalue weighted by Crippen LogP contribution is -2.16. The molecule has 0 aliphatic heterocycles. The van der Waals surface area contributed by atoms with Crippen LogP contribution in [-0.2, 0) is 10.2 Å². The van der Waals surface area contributed by atoms with Crippen molar-refractivity contribution in [3.8, 4) is 5.75 Å². The number of Topliss-reactive ketones (excluding diaryl/α,β-unsaturated/α-hetero) is 1. The monoisotopic (exact) mass is 248 g/mol. The summed E-state index contributed by atoms with van der Waals surface area (Å²) >= 11 is 0. The third kappa shape index (κ3) is 3.86. The first-order valence-corrected chi connectivity index (χ1v) is 6.48. The van der Waals surface area contributed by atoms with Gasteiger partial charge in [0, 0.05) is 0 Å². The van der Waals surface area contributed by atoms with Crippen LogP contribution in [0.25, 0.3) is 0 Å². The summed E-state index contributed by atoms with van der Waals surface area (Å²) in [4.78, 5) is 11.1. The van der Waals surface area contributed by atoms with Crippen LogP contribution in [-0.4, -0.2) is 12.4 Å². The highest BCUT2D eigenvalue weighted by Gasteiger charge is 2.20. The normalized spacial score (nSPS) is 11.7. The molecule has 1 rings (SSSR count). The van der Waals surface area contributed by atoms with Crippen LogP contribution in [0.1, 0.15) is 58.6 Å². The van der Waals surface area contributed by atoms with Crippen molar-refractivity contribution in [3.05, 3.63) is 29.3 Å². The van der Waals surface area contributed by atoms with Gasteiger partial charge in [0.1, 0.15) is 12.4 Å². The SMILES string of the molecule is CC(=O)COc1cc(C(C)C)ccc1C(C)(C)C. The molecule has 0 aliphatic carbocycles. The summed E-state index contributed by atoms with van der Waals surface area (Å²) < 4.78 is 5.67. The van der Waals surface area contributed by atoms with Crippen LogP contribution in [0.15, 0.2) is 18.2 Å². The van der Waals surface area contributed by atoms with E-state index in [1.54, 1.807) is 6.92 Å². The Morgan fingerprint density at radius 2 is 1.89 bits per heavy atom. The van der Waals surface area contributed by atoms with Gasteiger partial charge in [0.2, 0.25) is 0 Å². The number of carbonyl (C=O) groups excluding carboxylic acids is 1. The molecule has 0 aliphatic rings. The van der Waals surface area contributed by atoms with Gasteiger partial charge in [-0.15, -0.1) is 0 Å². The minimum atomic E-state index is 0.0155. The molecule has 0 heterocycles. The number of hydrogen-bond acceptors (Lipinski definition) is 2. The van der Waals surface area contributed by atoms with E-state index in [0.717, 1.165) is 11.3 Å². The molecule has 0 atom stereocenters. The molecule has 0 saturated carbocycles. The predicted octanol–water partition coefficient (Wildman–Crippen LogP) is 4.08. The average Bonchev–Trinajstić information content (AvgIpc) is 2.24. The van der Waals surface area contributed by atoms with Crippen molar-refractivity contribution in [2.45, 2.75) is 52.9 Å². The minimum absolute atomic E-state index is 0.0155. The lowest BCUT2D eigenvalue weighted by molar-refractivity contribution is -0.118. The lowest BCUT2D eigenvalue weighted by Gasteiger charge is -2.24. The highest BCUT2D eigenvalue weighted by atomic mass is 16.5. The molecule has 2 heteroatoms. The maximum Gasteiger partial charge on any atom is 0.167 e. The van der Waals surface area contributed by atoms with Gasteiger partial charge in [-0.05, 0) is 35.4 Å². The standard InChI is InChI=1S/C16H24O2/c1-11(2)13-7-8-14(16(4,5)6)15(9-13)18-10-12(3)17/h7-9,11H,10H2,1-6H3. The van der Waals surface area contributed by atoms with Crippen molar-refractivity contribution in [1.29, 1.82) is 0 Å². The second kappa shape index (κ2) is 5.55. The Bertz CT molecular complexity index is 425. The maximum absolute atomic E-state index is 11.1. The van der Waals surface area contributed by atoms with Gasteiger partial charge in [0.05, 0.1) is 0 Å². The van der Waals surface area contributed by atoms with Crippen molar-refractivity contribution in [2.24, 2.45) is 0 Å². The third-order valence-electron chi connectivity index (χ3n) is 2.91. The molecule has 18 heavy (non-hydrogen) atoms. The van der Waals surface area contributed by atoms with Crippen molar-refractivity contribution in [3.63, 3.8) is 0 Å². The highest BCUT2D eigenvalue weighted by molar-refractivity contribution is 5.77. The first-order chi connectivity index (χ1) is 8.21. The molecule has 1 aromatic carbocycles. The van der Waals surface area contributed by atoms with Crippen LogP contribution in [0, 0.1) is 0 Å². The third-order valence-corrected chi connectivity index (χ3v) is 2.91. The van der Waals surface area contributed by atoms with Crippen LogP contribution in [0.5, 0.6) is 5.75 Å². The van der Waals surface area contributed by atoms with Gasteiger partial charge in [0.15, 0.2) is 5.78 Å². The Labute approximate surface area is 110 Å². The summed E-state index contributed by atoms with van der Waals surface area (Å²) in [5, 5.41) is 0. The summed E-state index contributed by atoms with van der Waals surface area (Å²) in [6.45, 7) is 12.4. The molecule has 0 saturated heterocycles. The van der Waals surface area contributed by atoms with E-state index in [0.29, 0.717) is 5.92 Å². The van der Waals surface area contributed by atoms with Gasteiger partial charge in [0.25, 0.3) is 0 Å². The maximum atomic E-state index is 11.1. The second-order valence-corrected chi connectivity index (χ2v) is 6.15. The summed E-state index contributed by atoms with van der Waals surface area (Å²) in [5.74, 6) is 1.34. The molecule has 1 aromatic rings. The van der Waals surface area contributed by atoms with Crippen molar-refractivity contribution in [1.82, 2.24) is 0 Å². The molecule has 100 valence electrons. The van der Waals surface area contributed by atoms with Gasteiger partial charge >= 0.3 is 0 Å². The van der Waals surface area contributed by atoms with Crippen LogP contribution in [0.4, 0.5) is 0 Å². The van der Waals surface area contributed by atoms with Crippen molar-refractivity contribution in [2.75, 3.05) is 6.61 Å². The predicted molar refractivity (Wildman–Crippen MR) is 75.4 cm³/mol. The number of ketones is 1. The fourth-order valence-corrected chi connectivity index (χ4v) is 1.82. The summed E-state index contributed by atoms with van der Waals surface area (Å²) in [5.41, 5.74) is 2.40. The quantitative estimate of drug-likeness (QED) is 0.802. The van der Waals surface area contributed by atoms with E-state index in [-0.39, 0.29) is 17.8 Å². The van der Waals surface area contributed by atoms with Crippen LogP contribution in [0.2, 0.25) is 0 Å². The molecule has 0 aromatic heterocycles. The Hall–Kier alpha value is -1.31. The molecule has 0 fully saturated rings. The van der Waals surface area contributed by atoms with Gasteiger partial charge in [-0.2, -0.15) is 0 Å². The van der Waals surface area contributed by atoms with Crippen molar-refractivity contribution >= 4 is 5.78 Å². The first kappa shape index (κ1) is 14.7. The molecule has 0 radical (unpaired) electrons. The van der Waals surface area contributed by atoms with E-state index in [4.69, 9.17) is 4.74 Å². The zero-order valence-corrected chi connectivity index (χ0v) is 12.3. The van der Waals surface area contributed by atoms with Gasteiger partial charge in [-0.25, -0.2) is 0 Å². The second-order valence-electron chi connectivity index (χ2n) is 6.15. The average molecular weight is 248 g/mol. The lowest BCUT2D eigenvalue weighted by atomic mass is 9.85. The van der Waals surface area contributed by atoms with E-state index in [9.17, 15) is 4.79 Å². The van der Waals surface area contributed by atoms with E-state index in [2.05, 4.69) is 52.8 Å². The Kier molecular flexibility index (Phi) is 4.55. The number of ether oxygens (including phenoxy) is 1. The van der Waals surface area contributed by atoms with E-state index < -0.39 is 0 Å². The molecule has 0 spiro atoms. The molecular formula is C16H24O2. The summed E-state index contributed by atoms with van der Waals surface area (Å²) in [6.07, 6.45) is 0. The number of benzene rings is 1.